The predicted molar refractivity (Wildman–Crippen MR) is 66.7 cm³/mol. The van der Waals surface area contributed by atoms with Crippen LogP contribution in [0.25, 0.3) is 0 Å². The average Bonchev–Trinajstić information content (AvgIpc) is 2.62. The monoisotopic (exact) mass is 264 g/mol. The van der Waals surface area contributed by atoms with Gasteiger partial charge in [-0.1, -0.05) is 0 Å². The lowest BCUT2D eigenvalue weighted by Crippen LogP contribution is -2.15. The van der Waals surface area contributed by atoms with Gasteiger partial charge >= 0.3 is 11.9 Å². The van der Waals surface area contributed by atoms with E-state index in [4.69, 9.17) is 15.1 Å². The molecule has 0 radical (unpaired) electrons. The minimum Gasteiger partial charge on any atom is -0.480 e. The highest BCUT2D eigenvalue weighted by Crippen LogP contribution is 2.22. The summed E-state index contributed by atoms with van der Waals surface area (Å²) < 4.78 is 4.90. The number of nitriles is 1. The number of nitrogens with one attached hydrogen (secondary N) is 1. The molecular weight excluding hydrogens is 248 g/mol. The maximum atomic E-state index is 11.7. The number of hydrogen-bond acceptors (Lipinski definition) is 4. The first-order chi connectivity index (χ1) is 8.92. The summed E-state index contributed by atoms with van der Waals surface area (Å²) in [4.78, 5) is 25.5. The van der Waals surface area contributed by atoms with Gasteiger partial charge in [0.2, 0.25) is 0 Å². The molecule has 1 aromatic rings. The van der Waals surface area contributed by atoms with E-state index in [-0.39, 0.29) is 13.0 Å². The van der Waals surface area contributed by atoms with Crippen LogP contribution < -0.4 is 0 Å². The zero-order valence-electron chi connectivity index (χ0n) is 11.1. The molecule has 6 heteroatoms. The largest absolute Gasteiger partial charge is 0.480 e. The van der Waals surface area contributed by atoms with E-state index in [1.54, 1.807) is 26.8 Å². The van der Waals surface area contributed by atoms with E-state index in [0.717, 1.165) is 0 Å². The fourth-order valence-corrected chi connectivity index (χ4v) is 1.89. The number of H-pyrrole nitrogens is 1. The Labute approximate surface area is 111 Å². The number of ether oxygens (including phenoxy) is 1. The molecule has 1 atom stereocenters. The summed E-state index contributed by atoms with van der Waals surface area (Å²) >= 11 is 0. The second kappa shape index (κ2) is 6.05. The molecule has 0 fully saturated rings. The van der Waals surface area contributed by atoms with E-state index in [0.29, 0.717) is 22.5 Å². The molecule has 2 N–H and O–H groups in total. The van der Waals surface area contributed by atoms with Gasteiger partial charge in [-0.05, 0) is 31.9 Å². The normalized spacial score (nSPS) is 11.7. The highest BCUT2D eigenvalue weighted by molar-refractivity contribution is 5.90. The Morgan fingerprint density at radius 1 is 1.47 bits per heavy atom. The third-order valence-electron chi connectivity index (χ3n) is 2.93. The Morgan fingerprint density at radius 3 is 2.58 bits per heavy atom. The van der Waals surface area contributed by atoms with Gasteiger partial charge in [0.15, 0.2) is 0 Å². The number of aromatic amines is 1. The molecular formula is C13H16N2O4. The summed E-state index contributed by atoms with van der Waals surface area (Å²) in [5.41, 5.74) is 2.31. The Morgan fingerprint density at radius 2 is 2.11 bits per heavy atom. The first-order valence-corrected chi connectivity index (χ1v) is 5.89. The first-order valence-electron chi connectivity index (χ1n) is 5.89. The summed E-state index contributed by atoms with van der Waals surface area (Å²) in [6, 6.07) is 1.74. The maximum Gasteiger partial charge on any atom is 0.355 e. The van der Waals surface area contributed by atoms with Gasteiger partial charge in [0.1, 0.15) is 11.6 Å². The topological polar surface area (TPSA) is 103 Å². The molecule has 0 aliphatic carbocycles. The van der Waals surface area contributed by atoms with Crippen LogP contribution >= 0.6 is 0 Å². The number of nitrogens with zero attached hydrogens (tertiary/aromatic N) is 1. The van der Waals surface area contributed by atoms with Gasteiger partial charge in [-0.3, -0.25) is 4.79 Å². The van der Waals surface area contributed by atoms with Crippen molar-refractivity contribution in [2.75, 3.05) is 6.61 Å². The minimum absolute atomic E-state index is 0.0689. The molecule has 1 aromatic heterocycles. The Bertz CT molecular complexity index is 540. The molecule has 0 aliphatic rings. The van der Waals surface area contributed by atoms with Gasteiger partial charge in [0.25, 0.3) is 0 Å². The number of carboxylic acid groups (broad SMARTS) is 1. The summed E-state index contributed by atoms with van der Waals surface area (Å²) in [6.45, 7) is 5.42. The molecule has 0 bridgehead atoms. The number of aromatic nitrogens is 1. The van der Waals surface area contributed by atoms with Crippen LogP contribution in [-0.4, -0.2) is 28.6 Å². The molecule has 1 rings (SSSR count). The van der Waals surface area contributed by atoms with Gasteiger partial charge in [0.05, 0.1) is 12.7 Å². The lowest BCUT2D eigenvalue weighted by molar-refractivity contribution is -0.139. The van der Waals surface area contributed by atoms with E-state index < -0.39 is 17.9 Å². The van der Waals surface area contributed by atoms with E-state index in [2.05, 4.69) is 4.98 Å². The molecule has 0 saturated heterocycles. The number of esters is 1. The van der Waals surface area contributed by atoms with Crippen molar-refractivity contribution in [2.45, 2.75) is 27.2 Å². The second-order valence-electron chi connectivity index (χ2n) is 4.17. The fourth-order valence-electron chi connectivity index (χ4n) is 1.89. The Kier molecular flexibility index (Phi) is 4.70. The van der Waals surface area contributed by atoms with Gasteiger partial charge in [-0.2, -0.15) is 5.26 Å². The van der Waals surface area contributed by atoms with Gasteiger partial charge in [-0.25, -0.2) is 4.79 Å². The third kappa shape index (κ3) is 3.13. The lowest BCUT2D eigenvalue weighted by Gasteiger charge is -2.05. The van der Waals surface area contributed by atoms with Crippen LogP contribution in [0.2, 0.25) is 0 Å². The molecule has 0 aromatic carbocycles. The van der Waals surface area contributed by atoms with Crippen LogP contribution in [0.4, 0.5) is 0 Å². The summed E-state index contributed by atoms with van der Waals surface area (Å²) in [5, 5.41) is 17.7. The third-order valence-corrected chi connectivity index (χ3v) is 2.93. The molecule has 19 heavy (non-hydrogen) atoms. The summed E-state index contributed by atoms with van der Waals surface area (Å²) in [6.07, 6.45) is 0.0689. The van der Waals surface area contributed by atoms with E-state index in [9.17, 15) is 9.59 Å². The highest BCUT2D eigenvalue weighted by Gasteiger charge is 2.24. The molecule has 0 spiro atoms. The van der Waals surface area contributed by atoms with Crippen molar-refractivity contribution in [3.8, 4) is 6.07 Å². The quantitative estimate of drug-likeness (QED) is 0.786. The van der Waals surface area contributed by atoms with E-state index in [1.165, 1.54) is 0 Å². The number of rotatable bonds is 5. The zero-order valence-corrected chi connectivity index (χ0v) is 11.1. The second-order valence-corrected chi connectivity index (χ2v) is 4.17. The van der Waals surface area contributed by atoms with Crippen molar-refractivity contribution in [2.24, 2.45) is 5.92 Å². The number of carbonyl (C=O) groups is 2. The molecule has 0 aliphatic heterocycles. The molecule has 6 nitrogen and oxygen atoms in total. The van der Waals surface area contributed by atoms with Crippen LogP contribution in [0.3, 0.4) is 0 Å². The zero-order chi connectivity index (χ0) is 14.6. The fraction of sp³-hybridized carbons (Fsp3) is 0.462. The van der Waals surface area contributed by atoms with Crippen molar-refractivity contribution in [1.29, 1.82) is 5.26 Å². The number of hydrogen-bond donors (Lipinski definition) is 2. The van der Waals surface area contributed by atoms with Crippen LogP contribution in [0.1, 0.15) is 34.2 Å². The molecule has 102 valence electrons. The van der Waals surface area contributed by atoms with Gasteiger partial charge in [0, 0.05) is 12.1 Å². The predicted octanol–water partition coefficient (Wildman–Crippen LogP) is 1.58. The van der Waals surface area contributed by atoms with Crippen molar-refractivity contribution >= 4 is 11.9 Å². The first kappa shape index (κ1) is 14.8. The number of aryl methyl sites for hydroxylation is 1. The standard InChI is InChI=1S/C13H16N2O4/c1-4-19-13(18)11-7(2)10(8(3)15-11)5-9(6-14)12(16)17/h9,15H,4-5H2,1-3H3,(H,16,17). The summed E-state index contributed by atoms with van der Waals surface area (Å²) in [7, 11) is 0. The van der Waals surface area contributed by atoms with Crippen LogP contribution in [0, 0.1) is 31.1 Å². The van der Waals surface area contributed by atoms with Gasteiger partial charge < -0.3 is 14.8 Å². The Balaban J connectivity index is 3.07. The highest BCUT2D eigenvalue weighted by atomic mass is 16.5. The maximum absolute atomic E-state index is 11.7. The minimum atomic E-state index is -1.17. The molecule has 1 unspecified atom stereocenters. The smallest absolute Gasteiger partial charge is 0.355 e. The van der Waals surface area contributed by atoms with E-state index >= 15 is 0 Å². The van der Waals surface area contributed by atoms with E-state index in [1.807, 2.05) is 0 Å². The number of carbonyl (C=O) groups excluding carboxylic acids is 1. The van der Waals surface area contributed by atoms with Crippen molar-refractivity contribution in [1.82, 2.24) is 4.98 Å². The van der Waals surface area contributed by atoms with Crippen LogP contribution in [-0.2, 0) is 16.0 Å². The van der Waals surface area contributed by atoms with Crippen molar-refractivity contribution in [3.63, 3.8) is 0 Å². The molecule has 0 amide bonds. The lowest BCUT2D eigenvalue weighted by atomic mass is 9.97. The number of carboxylic acids is 1. The number of aliphatic carboxylic acids is 1. The molecule has 0 saturated carbocycles. The SMILES string of the molecule is CCOC(=O)c1[nH]c(C)c(CC(C#N)C(=O)O)c1C. The Hall–Kier alpha value is -2.29. The van der Waals surface area contributed by atoms with Crippen molar-refractivity contribution in [3.05, 3.63) is 22.5 Å². The molecule has 1 heterocycles. The van der Waals surface area contributed by atoms with Crippen molar-refractivity contribution < 1.29 is 19.4 Å². The van der Waals surface area contributed by atoms with Crippen LogP contribution in [0.5, 0.6) is 0 Å². The summed E-state index contributed by atoms with van der Waals surface area (Å²) in [5.74, 6) is -2.76. The van der Waals surface area contributed by atoms with Crippen LogP contribution in [0.15, 0.2) is 0 Å². The van der Waals surface area contributed by atoms with Gasteiger partial charge in [-0.15, -0.1) is 0 Å². The average molecular weight is 264 g/mol.